The van der Waals surface area contributed by atoms with E-state index in [4.69, 9.17) is 0 Å². The van der Waals surface area contributed by atoms with E-state index < -0.39 is 0 Å². The summed E-state index contributed by atoms with van der Waals surface area (Å²) in [5.74, 6) is 0. The first-order valence-corrected chi connectivity index (χ1v) is 6.53. The first-order chi connectivity index (χ1) is 7.38. The zero-order chi connectivity index (χ0) is 10.5. The summed E-state index contributed by atoms with van der Waals surface area (Å²) in [4.78, 5) is 0. The highest BCUT2D eigenvalue weighted by Gasteiger charge is 2.28. The molecule has 0 aliphatic carbocycles. The predicted molar refractivity (Wildman–Crippen MR) is 61.9 cm³/mol. The maximum absolute atomic E-state index is 10.3. The SMILES string of the molecule is OC(C1CCCCCN1)C1CCCCN1. The largest absolute Gasteiger partial charge is 0.390 e. The molecule has 3 N–H and O–H groups in total. The van der Waals surface area contributed by atoms with E-state index in [-0.39, 0.29) is 6.10 Å². The molecule has 2 rings (SSSR count). The molecular formula is C12H24N2O. The summed E-state index contributed by atoms with van der Waals surface area (Å²) in [6.07, 6.45) is 8.46. The molecule has 2 fully saturated rings. The highest BCUT2D eigenvalue weighted by Crippen LogP contribution is 2.17. The normalized spacial score (nSPS) is 35.8. The second-order valence-electron chi connectivity index (χ2n) is 4.96. The minimum absolute atomic E-state index is 0.191. The van der Waals surface area contributed by atoms with Gasteiger partial charge in [-0.3, -0.25) is 0 Å². The monoisotopic (exact) mass is 212 g/mol. The van der Waals surface area contributed by atoms with Crippen LogP contribution in [0.4, 0.5) is 0 Å². The molecular weight excluding hydrogens is 188 g/mol. The Labute approximate surface area is 92.6 Å². The van der Waals surface area contributed by atoms with E-state index in [1.165, 1.54) is 32.1 Å². The minimum Gasteiger partial charge on any atom is -0.390 e. The molecule has 0 bridgehead atoms. The molecule has 0 spiro atoms. The third kappa shape index (κ3) is 3.16. The predicted octanol–water partition coefficient (Wildman–Crippen LogP) is 1.02. The van der Waals surface area contributed by atoms with Crippen LogP contribution in [0.1, 0.15) is 44.9 Å². The van der Waals surface area contributed by atoms with Crippen molar-refractivity contribution in [3.05, 3.63) is 0 Å². The molecule has 2 aliphatic rings. The zero-order valence-electron chi connectivity index (χ0n) is 9.54. The van der Waals surface area contributed by atoms with E-state index in [1.807, 2.05) is 0 Å². The molecule has 0 saturated carbocycles. The lowest BCUT2D eigenvalue weighted by molar-refractivity contribution is 0.0738. The topological polar surface area (TPSA) is 44.3 Å². The van der Waals surface area contributed by atoms with Crippen LogP contribution in [-0.2, 0) is 0 Å². The van der Waals surface area contributed by atoms with Crippen LogP contribution in [0.2, 0.25) is 0 Å². The standard InChI is InChI=1S/C12H24N2O/c15-12(11-7-3-5-9-14-11)10-6-2-1-4-8-13-10/h10-15H,1-9H2. The van der Waals surface area contributed by atoms with Crippen LogP contribution in [0.25, 0.3) is 0 Å². The van der Waals surface area contributed by atoms with Crippen molar-refractivity contribution in [2.24, 2.45) is 0 Å². The summed E-state index contributed by atoms with van der Waals surface area (Å²) in [5, 5.41) is 17.2. The van der Waals surface area contributed by atoms with Gasteiger partial charge < -0.3 is 15.7 Å². The lowest BCUT2D eigenvalue weighted by Crippen LogP contribution is -2.52. The smallest absolute Gasteiger partial charge is 0.0845 e. The van der Waals surface area contributed by atoms with E-state index in [2.05, 4.69) is 10.6 Å². The molecule has 0 aromatic heterocycles. The van der Waals surface area contributed by atoms with E-state index in [0.717, 1.165) is 25.9 Å². The molecule has 2 saturated heterocycles. The highest BCUT2D eigenvalue weighted by molar-refractivity contribution is 4.88. The van der Waals surface area contributed by atoms with Crippen molar-refractivity contribution in [3.63, 3.8) is 0 Å². The molecule has 2 aliphatic heterocycles. The zero-order valence-corrected chi connectivity index (χ0v) is 9.54. The molecule has 3 atom stereocenters. The van der Waals surface area contributed by atoms with E-state index in [1.54, 1.807) is 0 Å². The molecule has 0 amide bonds. The van der Waals surface area contributed by atoms with Crippen LogP contribution in [0.15, 0.2) is 0 Å². The van der Waals surface area contributed by atoms with E-state index in [0.29, 0.717) is 12.1 Å². The summed E-state index contributed by atoms with van der Waals surface area (Å²) in [6, 6.07) is 0.650. The first kappa shape index (κ1) is 11.4. The van der Waals surface area contributed by atoms with Crippen molar-refractivity contribution in [3.8, 4) is 0 Å². The molecule has 2 heterocycles. The Hall–Kier alpha value is -0.120. The van der Waals surface area contributed by atoms with Crippen LogP contribution >= 0.6 is 0 Å². The summed E-state index contributed by atoms with van der Waals surface area (Å²) in [6.45, 7) is 2.16. The average Bonchev–Trinajstić information content (AvgIpc) is 2.58. The Morgan fingerprint density at radius 1 is 0.800 bits per heavy atom. The number of hydrogen-bond donors (Lipinski definition) is 3. The molecule has 3 unspecified atom stereocenters. The van der Waals surface area contributed by atoms with Gasteiger partial charge in [-0.05, 0) is 38.8 Å². The number of aliphatic hydroxyl groups is 1. The fraction of sp³-hybridized carbons (Fsp3) is 1.00. The number of rotatable bonds is 2. The van der Waals surface area contributed by atoms with Crippen LogP contribution in [-0.4, -0.2) is 36.4 Å². The molecule has 0 aromatic carbocycles. The lowest BCUT2D eigenvalue weighted by Gasteiger charge is -2.33. The van der Waals surface area contributed by atoms with Gasteiger partial charge in [-0.15, -0.1) is 0 Å². The van der Waals surface area contributed by atoms with Gasteiger partial charge in [-0.2, -0.15) is 0 Å². The average molecular weight is 212 g/mol. The van der Waals surface area contributed by atoms with E-state index in [9.17, 15) is 5.11 Å². The Bertz CT molecular complexity index is 172. The summed E-state index contributed by atoms with van der Waals surface area (Å²) < 4.78 is 0. The van der Waals surface area contributed by atoms with Gasteiger partial charge in [0.25, 0.3) is 0 Å². The summed E-state index contributed by atoms with van der Waals surface area (Å²) >= 11 is 0. The van der Waals surface area contributed by atoms with Gasteiger partial charge in [0, 0.05) is 12.1 Å². The molecule has 88 valence electrons. The second kappa shape index (κ2) is 5.83. The second-order valence-corrected chi connectivity index (χ2v) is 4.96. The van der Waals surface area contributed by atoms with Crippen molar-refractivity contribution in [2.45, 2.75) is 63.1 Å². The molecule has 3 heteroatoms. The van der Waals surface area contributed by atoms with Crippen molar-refractivity contribution in [2.75, 3.05) is 13.1 Å². The number of piperidine rings is 1. The maximum atomic E-state index is 10.3. The first-order valence-electron chi connectivity index (χ1n) is 6.53. The summed E-state index contributed by atoms with van der Waals surface area (Å²) in [5.41, 5.74) is 0. The van der Waals surface area contributed by atoms with Crippen molar-refractivity contribution in [1.82, 2.24) is 10.6 Å². The van der Waals surface area contributed by atoms with Gasteiger partial charge in [0.1, 0.15) is 0 Å². The molecule has 0 aromatic rings. The van der Waals surface area contributed by atoms with Gasteiger partial charge in [-0.1, -0.05) is 19.3 Å². The van der Waals surface area contributed by atoms with Crippen LogP contribution < -0.4 is 10.6 Å². The van der Waals surface area contributed by atoms with Gasteiger partial charge in [0.05, 0.1) is 6.10 Å². The van der Waals surface area contributed by atoms with Gasteiger partial charge in [0.15, 0.2) is 0 Å². The number of hydrogen-bond acceptors (Lipinski definition) is 3. The van der Waals surface area contributed by atoms with Crippen LogP contribution in [0.5, 0.6) is 0 Å². The number of aliphatic hydroxyl groups excluding tert-OH is 1. The quantitative estimate of drug-likeness (QED) is 0.640. The van der Waals surface area contributed by atoms with E-state index >= 15 is 0 Å². The third-order valence-electron chi connectivity index (χ3n) is 3.77. The maximum Gasteiger partial charge on any atom is 0.0845 e. The van der Waals surface area contributed by atoms with Gasteiger partial charge in [-0.25, -0.2) is 0 Å². The van der Waals surface area contributed by atoms with Gasteiger partial charge in [0.2, 0.25) is 0 Å². The van der Waals surface area contributed by atoms with Crippen molar-refractivity contribution < 1.29 is 5.11 Å². The van der Waals surface area contributed by atoms with Crippen molar-refractivity contribution in [1.29, 1.82) is 0 Å². The highest BCUT2D eigenvalue weighted by atomic mass is 16.3. The fourth-order valence-electron chi connectivity index (χ4n) is 2.80. The fourth-order valence-corrected chi connectivity index (χ4v) is 2.80. The Balaban J connectivity index is 1.83. The lowest BCUT2D eigenvalue weighted by atomic mass is 9.93. The minimum atomic E-state index is -0.191. The van der Waals surface area contributed by atoms with Crippen molar-refractivity contribution >= 4 is 0 Å². The summed E-state index contributed by atoms with van der Waals surface area (Å²) in [7, 11) is 0. The Kier molecular flexibility index (Phi) is 4.42. The number of nitrogens with one attached hydrogen (secondary N) is 2. The van der Waals surface area contributed by atoms with Gasteiger partial charge >= 0.3 is 0 Å². The Morgan fingerprint density at radius 3 is 1.93 bits per heavy atom. The van der Waals surface area contributed by atoms with Crippen LogP contribution in [0, 0.1) is 0 Å². The molecule has 3 nitrogen and oxygen atoms in total. The third-order valence-corrected chi connectivity index (χ3v) is 3.77. The van der Waals surface area contributed by atoms with Crippen LogP contribution in [0.3, 0.4) is 0 Å². The Morgan fingerprint density at radius 2 is 1.33 bits per heavy atom. The molecule has 0 radical (unpaired) electrons. The molecule has 15 heavy (non-hydrogen) atoms.